The zero-order chi connectivity index (χ0) is 20.5. The molecule has 0 spiro atoms. The Kier molecular flexibility index (Phi) is 7.53. The van der Waals surface area contributed by atoms with E-state index in [1.165, 1.54) is 18.4 Å². The van der Waals surface area contributed by atoms with Gasteiger partial charge in [0.15, 0.2) is 0 Å². The summed E-state index contributed by atoms with van der Waals surface area (Å²) in [5, 5.41) is 6.09. The van der Waals surface area contributed by atoms with Crippen LogP contribution in [-0.2, 0) is 12.0 Å². The molecule has 3 rings (SSSR count). The number of carbonyl (C=O) groups is 1. The molecule has 0 heterocycles. The molecular formula is C24H33N3O2. The van der Waals surface area contributed by atoms with Crippen LogP contribution in [0.15, 0.2) is 54.6 Å². The number of nitrogens with one attached hydrogen (secondary N) is 2. The first-order chi connectivity index (χ1) is 14.1. The average molecular weight is 396 g/mol. The molecule has 2 aromatic carbocycles. The fourth-order valence-corrected chi connectivity index (χ4v) is 4.00. The normalized spacial score (nSPS) is 15.3. The number of amides is 2. The van der Waals surface area contributed by atoms with Gasteiger partial charge in [0.1, 0.15) is 12.4 Å². The summed E-state index contributed by atoms with van der Waals surface area (Å²) in [7, 11) is 4.05. The van der Waals surface area contributed by atoms with Gasteiger partial charge in [0.2, 0.25) is 0 Å². The van der Waals surface area contributed by atoms with Crippen molar-refractivity contribution in [1.82, 2.24) is 15.5 Å². The summed E-state index contributed by atoms with van der Waals surface area (Å²) < 4.78 is 5.77. The molecule has 2 aromatic rings. The molecule has 0 aliphatic heterocycles. The van der Waals surface area contributed by atoms with Crippen LogP contribution in [0.3, 0.4) is 0 Å². The van der Waals surface area contributed by atoms with Gasteiger partial charge in [-0.2, -0.15) is 0 Å². The summed E-state index contributed by atoms with van der Waals surface area (Å²) >= 11 is 0. The van der Waals surface area contributed by atoms with E-state index in [-0.39, 0.29) is 11.4 Å². The molecule has 1 fully saturated rings. The second-order valence-corrected chi connectivity index (χ2v) is 8.19. The van der Waals surface area contributed by atoms with Crippen molar-refractivity contribution >= 4 is 6.03 Å². The number of ether oxygens (including phenoxy) is 1. The monoisotopic (exact) mass is 395 g/mol. The SMILES string of the molecule is CN(C)CCOc1cccc(CNC(=O)NCC2(c3ccccc3)CCCC2)c1. The molecule has 156 valence electrons. The lowest BCUT2D eigenvalue weighted by molar-refractivity contribution is 0.236. The third-order valence-corrected chi connectivity index (χ3v) is 5.69. The summed E-state index contributed by atoms with van der Waals surface area (Å²) in [6.07, 6.45) is 4.70. The summed E-state index contributed by atoms with van der Waals surface area (Å²) in [5.74, 6) is 0.834. The van der Waals surface area contributed by atoms with Crippen LogP contribution in [0.2, 0.25) is 0 Å². The van der Waals surface area contributed by atoms with E-state index < -0.39 is 0 Å². The molecule has 29 heavy (non-hydrogen) atoms. The maximum atomic E-state index is 12.4. The Bertz CT molecular complexity index is 771. The largest absolute Gasteiger partial charge is 0.492 e. The maximum absolute atomic E-state index is 12.4. The highest BCUT2D eigenvalue weighted by Gasteiger charge is 2.35. The molecule has 0 aromatic heterocycles. The van der Waals surface area contributed by atoms with E-state index >= 15 is 0 Å². The van der Waals surface area contributed by atoms with Gasteiger partial charge < -0.3 is 20.3 Å². The van der Waals surface area contributed by atoms with Crippen molar-refractivity contribution in [3.05, 3.63) is 65.7 Å². The van der Waals surface area contributed by atoms with Gasteiger partial charge >= 0.3 is 6.03 Å². The first-order valence-electron chi connectivity index (χ1n) is 10.5. The van der Waals surface area contributed by atoms with Crippen molar-refractivity contribution in [1.29, 1.82) is 0 Å². The highest BCUT2D eigenvalue weighted by molar-refractivity contribution is 5.74. The molecule has 0 atom stereocenters. The zero-order valence-corrected chi connectivity index (χ0v) is 17.6. The second kappa shape index (κ2) is 10.3. The molecule has 1 aliphatic carbocycles. The van der Waals surface area contributed by atoms with Crippen molar-refractivity contribution in [3.63, 3.8) is 0 Å². The highest BCUT2D eigenvalue weighted by atomic mass is 16.5. The van der Waals surface area contributed by atoms with Crippen molar-refractivity contribution in [2.24, 2.45) is 0 Å². The smallest absolute Gasteiger partial charge is 0.315 e. The van der Waals surface area contributed by atoms with Crippen LogP contribution in [0.25, 0.3) is 0 Å². The van der Waals surface area contributed by atoms with Gasteiger partial charge in [0, 0.05) is 25.0 Å². The highest BCUT2D eigenvalue weighted by Crippen LogP contribution is 2.40. The van der Waals surface area contributed by atoms with E-state index in [4.69, 9.17) is 4.74 Å². The number of nitrogens with zero attached hydrogens (tertiary/aromatic N) is 1. The number of hydrogen-bond donors (Lipinski definition) is 2. The number of hydrogen-bond acceptors (Lipinski definition) is 3. The zero-order valence-electron chi connectivity index (χ0n) is 17.6. The van der Waals surface area contributed by atoms with Crippen LogP contribution in [-0.4, -0.2) is 44.7 Å². The van der Waals surface area contributed by atoms with Crippen LogP contribution < -0.4 is 15.4 Å². The topological polar surface area (TPSA) is 53.6 Å². The van der Waals surface area contributed by atoms with E-state index in [0.29, 0.717) is 19.7 Å². The van der Waals surface area contributed by atoms with Gasteiger partial charge in [-0.15, -0.1) is 0 Å². The number of rotatable bonds is 9. The molecule has 1 aliphatic rings. The lowest BCUT2D eigenvalue weighted by Crippen LogP contribution is -2.43. The summed E-state index contributed by atoms with van der Waals surface area (Å²) in [5.41, 5.74) is 2.43. The number of benzene rings is 2. The molecule has 0 unspecified atom stereocenters. The van der Waals surface area contributed by atoms with Crippen molar-refractivity contribution in [3.8, 4) is 5.75 Å². The van der Waals surface area contributed by atoms with E-state index in [9.17, 15) is 4.79 Å². The first-order valence-corrected chi connectivity index (χ1v) is 10.5. The number of likely N-dealkylation sites (N-methyl/N-ethyl adjacent to an activating group) is 1. The van der Waals surface area contributed by atoms with Gasteiger partial charge in [0.25, 0.3) is 0 Å². The van der Waals surface area contributed by atoms with E-state index in [1.54, 1.807) is 0 Å². The Balaban J connectivity index is 1.48. The van der Waals surface area contributed by atoms with Crippen LogP contribution in [0.5, 0.6) is 5.75 Å². The van der Waals surface area contributed by atoms with E-state index in [1.807, 2.05) is 44.4 Å². The molecule has 0 bridgehead atoms. The van der Waals surface area contributed by atoms with E-state index in [2.05, 4.69) is 39.8 Å². The van der Waals surface area contributed by atoms with Crippen LogP contribution in [0.1, 0.15) is 36.8 Å². The van der Waals surface area contributed by atoms with Crippen LogP contribution >= 0.6 is 0 Å². The van der Waals surface area contributed by atoms with Crippen molar-refractivity contribution < 1.29 is 9.53 Å². The van der Waals surface area contributed by atoms with Gasteiger partial charge in [-0.1, -0.05) is 55.3 Å². The predicted octanol–water partition coefficient (Wildman–Crippen LogP) is 3.94. The molecule has 1 saturated carbocycles. The average Bonchev–Trinajstić information content (AvgIpc) is 3.22. The Morgan fingerprint density at radius 1 is 1.03 bits per heavy atom. The minimum Gasteiger partial charge on any atom is -0.492 e. The molecule has 2 amide bonds. The Morgan fingerprint density at radius 3 is 2.52 bits per heavy atom. The molecule has 5 heteroatoms. The van der Waals surface area contributed by atoms with Gasteiger partial charge in [-0.25, -0.2) is 4.79 Å². The van der Waals surface area contributed by atoms with Crippen LogP contribution in [0, 0.1) is 0 Å². The molecule has 0 saturated heterocycles. The quantitative estimate of drug-likeness (QED) is 0.676. The standard InChI is InChI=1S/C24H33N3O2/c1-27(2)15-16-29-22-12-8-9-20(17-22)18-25-23(28)26-19-24(13-6-7-14-24)21-10-4-3-5-11-21/h3-5,8-12,17H,6-7,13-16,18-19H2,1-2H3,(H2,25,26,28). The number of urea groups is 1. The molecular weight excluding hydrogens is 362 g/mol. The lowest BCUT2D eigenvalue weighted by atomic mass is 9.79. The van der Waals surface area contributed by atoms with E-state index in [0.717, 1.165) is 30.7 Å². The predicted molar refractivity (Wildman–Crippen MR) is 117 cm³/mol. The lowest BCUT2D eigenvalue weighted by Gasteiger charge is -2.30. The molecule has 2 N–H and O–H groups in total. The molecule has 5 nitrogen and oxygen atoms in total. The van der Waals surface area contributed by atoms with Crippen molar-refractivity contribution in [2.45, 2.75) is 37.6 Å². The second-order valence-electron chi connectivity index (χ2n) is 8.19. The third kappa shape index (κ3) is 6.23. The number of carbonyl (C=O) groups excluding carboxylic acids is 1. The summed E-state index contributed by atoms with van der Waals surface area (Å²) in [6, 6.07) is 18.4. The fourth-order valence-electron chi connectivity index (χ4n) is 4.00. The first kappa shape index (κ1) is 21.2. The van der Waals surface area contributed by atoms with Gasteiger partial charge in [-0.05, 0) is 50.2 Å². The third-order valence-electron chi connectivity index (χ3n) is 5.69. The fraction of sp³-hybridized carbons (Fsp3) is 0.458. The van der Waals surface area contributed by atoms with Crippen molar-refractivity contribution in [2.75, 3.05) is 33.8 Å². The maximum Gasteiger partial charge on any atom is 0.315 e. The van der Waals surface area contributed by atoms with Crippen LogP contribution in [0.4, 0.5) is 4.79 Å². The Hall–Kier alpha value is -2.53. The Morgan fingerprint density at radius 2 is 1.79 bits per heavy atom. The summed E-state index contributed by atoms with van der Waals surface area (Å²) in [6.45, 7) is 2.67. The van der Waals surface area contributed by atoms with Gasteiger partial charge in [-0.3, -0.25) is 0 Å². The Labute approximate surface area is 174 Å². The van der Waals surface area contributed by atoms with Gasteiger partial charge in [0.05, 0.1) is 0 Å². The summed E-state index contributed by atoms with van der Waals surface area (Å²) in [4.78, 5) is 14.5. The molecule has 0 radical (unpaired) electrons. The minimum absolute atomic E-state index is 0.0682. The minimum atomic E-state index is -0.119.